The third-order valence-corrected chi connectivity index (χ3v) is 8.31. The molecule has 0 atom stereocenters. The summed E-state index contributed by atoms with van der Waals surface area (Å²) in [6.45, 7) is 6.11. The van der Waals surface area contributed by atoms with Crippen molar-refractivity contribution in [3.05, 3.63) is 113 Å². The van der Waals surface area contributed by atoms with Crippen LogP contribution in [0.1, 0.15) is 33.8 Å². The number of hydrogen-bond donors (Lipinski definition) is 2. The maximum absolute atomic E-state index is 12.5. The highest BCUT2D eigenvalue weighted by molar-refractivity contribution is 7.90. The second-order valence-electron chi connectivity index (χ2n) is 10.2. The van der Waals surface area contributed by atoms with E-state index in [9.17, 15) is 13.2 Å². The number of aromatic nitrogens is 3. The molecule has 5 aromatic rings. The molecule has 9 nitrogen and oxygen atoms in total. The van der Waals surface area contributed by atoms with E-state index in [1.165, 1.54) is 12.1 Å². The first kappa shape index (κ1) is 29.5. The summed E-state index contributed by atoms with van der Waals surface area (Å²) in [5.41, 5.74) is 7.25. The summed E-state index contributed by atoms with van der Waals surface area (Å²) < 4.78 is 34.5. The van der Waals surface area contributed by atoms with Crippen molar-refractivity contribution in [2.24, 2.45) is 0 Å². The second kappa shape index (κ2) is 12.5. The monoisotopic (exact) mass is 595 g/mol. The van der Waals surface area contributed by atoms with Crippen LogP contribution in [0, 0.1) is 20.8 Å². The topological polar surface area (TPSA) is 115 Å². The van der Waals surface area contributed by atoms with Crippen LogP contribution in [-0.2, 0) is 16.4 Å². The fourth-order valence-electron chi connectivity index (χ4n) is 4.78. The van der Waals surface area contributed by atoms with Crippen LogP contribution in [-0.4, -0.2) is 42.6 Å². The Labute approximate surface area is 251 Å². The number of amides is 2. The van der Waals surface area contributed by atoms with Crippen LogP contribution < -0.4 is 14.8 Å². The lowest BCUT2D eigenvalue weighted by molar-refractivity contribution is 0.246. The van der Waals surface area contributed by atoms with Crippen molar-refractivity contribution in [1.82, 2.24) is 24.6 Å². The molecular formula is C33H33N5O4S. The van der Waals surface area contributed by atoms with Gasteiger partial charge >= 0.3 is 6.03 Å². The maximum atomic E-state index is 12.5. The van der Waals surface area contributed by atoms with Gasteiger partial charge in [-0.15, -0.1) is 0 Å². The Morgan fingerprint density at radius 2 is 1.65 bits per heavy atom. The van der Waals surface area contributed by atoms with Gasteiger partial charge in [0.05, 0.1) is 12.0 Å². The van der Waals surface area contributed by atoms with Gasteiger partial charge in [0, 0.05) is 23.5 Å². The molecule has 0 unspecified atom stereocenters. The normalized spacial score (nSPS) is 11.6. The number of pyridine rings is 1. The van der Waals surface area contributed by atoms with E-state index in [1.807, 2.05) is 92.1 Å². The van der Waals surface area contributed by atoms with E-state index in [4.69, 9.17) is 14.7 Å². The molecule has 0 aliphatic carbocycles. The largest absolute Gasteiger partial charge is 0.496 e. The van der Waals surface area contributed by atoms with E-state index < -0.39 is 16.1 Å². The average molecular weight is 596 g/mol. The lowest BCUT2D eigenvalue weighted by atomic mass is 10.1. The molecule has 0 fully saturated rings. The molecule has 0 bridgehead atoms. The first-order valence-corrected chi connectivity index (χ1v) is 15.3. The third kappa shape index (κ3) is 6.76. The number of nitrogens with zero attached hydrogens (tertiary/aromatic N) is 3. The number of carbonyl (C=O) groups is 1. The Bertz CT molecular complexity index is 1910. The van der Waals surface area contributed by atoms with Crippen LogP contribution in [0.3, 0.4) is 0 Å². The van der Waals surface area contributed by atoms with Crippen LogP contribution in [0.2, 0.25) is 0 Å². The molecule has 0 saturated heterocycles. The quantitative estimate of drug-likeness (QED) is 0.224. The van der Waals surface area contributed by atoms with E-state index in [2.05, 4.69) is 10.0 Å². The van der Waals surface area contributed by atoms with Crippen molar-refractivity contribution >= 4 is 39.4 Å². The number of para-hydroxylation sites is 1. The van der Waals surface area contributed by atoms with Gasteiger partial charge in [-0.2, -0.15) is 0 Å². The smallest absolute Gasteiger partial charge is 0.328 e. The zero-order valence-electron chi connectivity index (χ0n) is 24.5. The van der Waals surface area contributed by atoms with Gasteiger partial charge in [0.1, 0.15) is 17.1 Å². The molecule has 0 radical (unpaired) electrons. The molecule has 0 aliphatic rings. The highest BCUT2D eigenvalue weighted by atomic mass is 32.2. The predicted octanol–water partition coefficient (Wildman–Crippen LogP) is 5.76. The molecule has 0 aliphatic heterocycles. The lowest BCUT2D eigenvalue weighted by Gasteiger charge is -2.10. The molecular weight excluding hydrogens is 562 g/mol. The third-order valence-electron chi connectivity index (χ3n) is 6.96. The number of methoxy groups -OCH3 is 1. The SMILES string of the molecule is COc1ccccc1C=Cc1nc2c(C)cc(C)nc2n1-c1ccc(CCNC(=O)NS(=O)(=O)c2ccc(C)cc2)cc1. The highest BCUT2D eigenvalue weighted by Gasteiger charge is 2.17. The molecule has 2 N–H and O–H groups in total. The number of nitrogens with one attached hydrogen (secondary N) is 2. The Kier molecular flexibility index (Phi) is 8.58. The Morgan fingerprint density at radius 1 is 0.930 bits per heavy atom. The van der Waals surface area contributed by atoms with Crippen molar-refractivity contribution in [3.8, 4) is 11.4 Å². The molecule has 10 heteroatoms. The minimum absolute atomic E-state index is 0.0351. The lowest BCUT2D eigenvalue weighted by Crippen LogP contribution is -2.40. The number of rotatable bonds is 9. The molecule has 5 rings (SSSR count). The van der Waals surface area contributed by atoms with Crippen molar-refractivity contribution in [1.29, 1.82) is 0 Å². The number of imidazole rings is 1. The molecule has 2 aromatic heterocycles. The number of carbonyl (C=O) groups excluding carboxylic acids is 1. The van der Waals surface area contributed by atoms with Crippen LogP contribution in [0.25, 0.3) is 29.0 Å². The van der Waals surface area contributed by atoms with E-state index >= 15 is 0 Å². The van der Waals surface area contributed by atoms with Gasteiger partial charge in [0.2, 0.25) is 0 Å². The predicted molar refractivity (Wildman–Crippen MR) is 169 cm³/mol. The van der Waals surface area contributed by atoms with E-state index in [0.717, 1.165) is 56.4 Å². The number of urea groups is 1. The number of hydrogen-bond acceptors (Lipinski definition) is 6. The maximum Gasteiger partial charge on any atom is 0.328 e. The van der Waals surface area contributed by atoms with Crippen LogP contribution in [0.5, 0.6) is 5.75 Å². The number of fused-ring (bicyclic) bond motifs is 1. The first-order chi connectivity index (χ1) is 20.6. The van der Waals surface area contributed by atoms with Gasteiger partial charge < -0.3 is 10.1 Å². The summed E-state index contributed by atoms with van der Waals surface area (Å²) in [6.07, 6.45) is 4.44. The Balaban J connectivity index is 1.32. The van der Waals surface area contributed by atoms with Gasteiger partial charge in [-0.25, -0.2) is 27.9 Å². The molecule has 0 saturated carbocycles. The fourth-order valence-corrected chi connectivity index (χ4v) is 5.71. The van der Waals surface area contributed by atoms with Gasteiger partial charge in [-0.3, -0.25) is 4.57 Å². The van der Waals surface area contributed by atoms with Crippen molar-refractivity contribution in [3.63, 3.8) is 0 Å². The summed E-state index contributed by atoms with van der Waals surface area (Å²) in [7, 11) is -2.30. The van der Waals surface area contributed by atoms with Crippen LogP contribution in [0.15, 0.2) is 83.8 Å². The summed E-state index contributed by atoms with van der Waals surface area (Å²) >= 11 is 0. The number of benzene rings is 3. The van der Waals surface area contributed by atoms with Gasteiger partial charge in [-0.05, 0) is 86.9 Å². The van der Waals surface area contributed by atoms with E-state index in [1.54, 1.807) is 19.2 Å². The minimum atomic E-state index is -3.95. The number of ether oxygens (including phenoxy) is 1. The standard InChI is InChI=1S/C33H33N5O4S/c1-22-9-16-28(17-10-22)43(40,41)37-33(39)34-20-19-25-11-14-27(15-12-25)38-30(18-13-26-7-5-6-8-29(26)42-4)36-31-23(2)21-24(3)35-32(31)38/h5-18,21H,19-20H2,1-4H3,(H2,34,37,39). The van der Waals surface area contributed by atoms with Crippen molar-refractivity contribution < 1.29 is 17.9 Å². The highest BCUT2D eigenvalue weighted by Crippen LogP contribution is 2.26. The molecule has 220 valence electrons. The molecule has 2 amide bonds. The molecule has 43 heavy (non-hydrogen) atoms. The van der Waals surface area contributed by atoms with Crippen molar-refractivity contribution in [2.45, 2.75) is 32.1 Å². The first-order valence-electron chi connectivity index (χ1n) is 13.8. The average Bonchev–Trinajstić information content (AvgIpc) is 3.35. The van der Waals surface area contributed by atoms with Crippen LogP contribution >= 0.6 is 0 Å². The van der Waals surface area contributed by atoms with E-state index in [0.29, 0.717) is 6.42 Å². The number of aryl methyl sites for hydroxylation is 3. The minimum Gasteiger partial charge on any atom is -0.496 e. The van der Waals surface area contributed by atoms with Gasteiger partial charge in [-0.1, -0.05) is 48.0 Å². The zero-order chi connectivity index (χ0) is 30.6. The molecule has 3 aromatic carbocycles. The fraction of sp³-hybridized carbons (Fsp3) is 0.182. The second-order valence-corrected chi connectivity index (χ2v) is 11.9. The van der Waals surface area contributed by atoms with E-state index in [-0.39, 0.29) is 11.4 Å². The summed E-state index contributed by atoms with van der Waals surface area (Å²) in [5, 5.41) is 2.62. The summed E-state index contributed by atoms with van der Waals surface area (Å²) in [4.78, 5) is 22.0. The summed E-state index contributed by atoms with van der Waals surface area (Å²) in [5.74, 6) is 1.49. The number of sulfonamides is 1. The zero-order valence-corrected chi connectivity index (χ0v) is 25.3. The molecule has 0 spiro atoms. The molecule has 2 heterocycles. The Morgan fingerprint density at radius 3 is 2.37 bits per heavy atom. The summed E-state index contributed by atoms with van der Waals surface area (Å²) in [6, 6.07) is 23.2. The Hall–Kier alpha value is -4.96. The van der Waals surface area contributed by atoms with Gasteiger partial charge in [0.25, 0.3) is 10.0 Å². The van der Waals surface area contributed by atoms with Crippen molar-refractivity contribution in [2.75, 3.05) is 13.7 Å². The van der Waals surface area contributed by atoms with Gasteiger partial charge in [0.15, 0.2) is 5.65 Å². The van der Waals surface area contributed by atoms with Crippen LogP contribution in [0.4, 0.5) is 4.79 Å².